The first-order chi connectivity index (χ1) is 7.11. The van der Waals surface area contributed by atoms with Crippen LogP contribution in [0.2, 0.25) is 0 Å². The van der Waals surface area contributed by atoms with Crippen LogP contribution in [0.5, 0.6) is 5.75 Å². The highest BCUT2D eigenvalue weighted by atomic mass is 32.2. The predicted molar refractivity (Wildman–Crippen MR) is 51.8 cm³/mol. The van der Waals surface area contributed by atoms with Gasteiger partial charge in [-0.15, -0.1) is 25.8 Å². The fraction of sp³-hybridized carbons (Fsp3) is 0.143. The summed E-state index contributed by atoms with van der Waals surface area (Å²) in [6.07, 6.45) is -5.00. The Bertz CT molecular complexity index is 498. The Labute approximate surface area is 94.7 Å². The molecule has 1 rings (SSSR count). The molecule has 9 heteroatoms. The molecule has 0 heterocycles. The molecule has 0 radical (unpaired) electrons. The van der Waals surface area contributed by atoms with Crippen LogP contribution in [0.1, 0.15) is 0 Å². The fourth-order valence-corrected chi connectivity index (χ4v) is 2.32. The number of thiol groups is 1. The molecule has 0 fully saturated rings. The maximum atomic E-state index is 12.0. The molecular formula is C7H6F3NO3S2. The second kappa shape index (κ2) is 4.15. The number of benzene rings is 1. The van der Waals surface area contributed by atoms with Crippen LogP contribution in [0.4, 0.5) is 13.2 Å². The van der Waals surface area contributed by atoms with E-state index in [4.69, 9.17) is 5.14 Å². The van der Waals surface area contributed by atoms with Gasteiger partial charge in [0.25, 0.3) is 0 Å². The molecule has 0 spiro atoms. The number of hydrogen-bond donors (Lipinski definition) is 2. The van der Waals surface area contributed by atoms with Gasteiger partial charge < -0.3 is 4.74 Å². The van der Waals surface area contributed by atoms with Gasteiger partial charge in [0, 0.05) is 4.90 Å². The molecule has 4 nitrogen and oxygen atoms in total. The second-order valence-electron chi connectivity index (χ2n) is 2.70. The average molecular weight is 273 g/mol. The van der Waals surface area contributed by atoms with Crippen LogP contribution in [-0.2, 0) is 10.0 Å². The van der Waals surface area contributed by atoms with Gasteiger partial charge in [0.2, 0.25) is 10.0 Å². The second-order valence-corrected chi connectivity index (χ2v) is 4.68. The number of halogens is 3. The fourth-order valence-electron chi connectivity index (χ4n) is 0.995. The van der Waals surface area contributed by atoms with Crippen molar-refractivity contribution in [3.63, 3.8) is 0 Å². The van der Waals surface area contributed by atoms with E-state index in [0.717, 1.165) is 12.1 Å². The lowest BCUT2D eigenvalue weighted by Crippen LogP contribution is -2.21. The Morgan fingerprint density at radius 2 is 1.88 bits per heavy atom. The monoisotopic (exact) mass is 273 g/mol. The van der Waals surface area contributed by atoms with Crippen LogP contribution in [0.15, 0.2) is 28.0 Å². The number of alkyl halides is 3. The predicted octanol–water partition coefficient (Wildman–Crippen LogP) is 1.52. The van der Waals surface area contributed by atoms with Gasteiger partial charge in [-0.2, -0.15) is 0 Å². The summed E-state index contributed by atoms with van der Waals surface area (Å²) in [7, 11) is -4.34. The molecule has 0 atom stereocenters. The Hall–Kier alpha value is -0.930. The number of nitrogens with two attached hydrogens (primary N) is 1. The number of ether oxygens (including phenoxy) is 1. The van der Waals surface area contributed by atoms with Gasteiger partial charge in [0.15, 0.2) is 5.75 Å². The van der Waals surface area contributed by atoms with Crippen molar-refractivity contribution in [2.45, 2.75) is 16.2 Å². The largest absolute Gasteiger partial charge is 0.573 e. The Balaban J connectivity index is 3.36. The first-order valence-corrected chi connectivity index (χ1v) is 5.71. The first-order valence-electron chi connectivity index (χ1n) is 3.72. The van der Waals surface area contributed by atoms with E-state index in [9.17, 15) is 21.6 Å². The summed E-state index contributed by atoms with van der Waals surface area (Å²) < 4.78 is 61.5. The van der Waals surface area contributed by atoms with E-state index in [-0.39, 0.29) is 4.90 Å². The maximum Gasteiger partial charge on any atom is 0.573 e. The quantitative estimate of drug-likeness (QED) is 0.803. The van der Waals surface area contributed by atoms with Crippen LogP contribution >= 0.6 is 12.6 Å². The van der Waals surface area contributed by atoms with Crippen molar-refractivity contribution in [1.29, 1.82) is 0 Å². The molecule has 16 heavy (non-hydrogen) atoms. The van der Waals surface area contributed by atoms with E-state index in [1.807, 2.05) is 0 Å². The van der Waals surface area contributed by atoms with Crippen molar-refractivity contribution in [1.82, 2.24) is 0 Å². The smallest absolute Gasteiger partial charge is 0.404 e. The van der Waals surface area contributed by atoms with E-state index >= 15 is 0 Å². The average Bonchev–Trinajstić information content (AvgIpc) is 1.97. The van der Waals surface area contributed by atoms with Crippen molar-refractivity contribution in [2.24, 2.45) is 5.14 Å². The SMILES string of the molecule is NS(=O)(=O)c1c(S)cccc1OC(F)(F)F. The van der Waals surface area contributed by atoms with Crippen LogP contribution in [0.3, 0.4) is 0 Å². The van der Waals surface area contributed by atoms with Gasteiger partial charge in [-0.3, -0.25) is 0 Å². The number of sulfonamides is 1. The Kier molecular flexibility index (Phi) is 3.41. The zero-order valence-corrected chi connectivity index (χ0v) is 9.23. The molecule has 1 aromatic rings. The number of hydrogen-bond acceptors (Lipinski definition) is 4. The lowest BCUT2D eigenvalue weighted by Gasteiger charge is -2.13. The number of rotatable bonds is 2. The molecule has 0 saturated carbocycles. The summed E-state index contributed by atoms with van der Waals surface area (Å²) in [6, 6.07) is 3.19. The van der Waals surface area contributed by atoms with E-state index in [1.54, 1.807) is 0 Å². The van der Waals surface area contributed by atoms with Gasteiger partial charge in [0.05, 0.1) is 0 Å². The minimum atomic E-state index is -5.00. The summed E-state index contributed by atoms with van der Waals surface area (Å²) in [4.78, 5) is -1.01. The van der Waals surface area contributed by atoms with Crippen molar-refractivity contribution < 1.29 is 26.3 Å². The molecule has 1 aromatic carbocycles. The third-order valence-corrected chi connectivity index (χ3v) is 2.98. The summed E-state index contributed by atoms with van der Waals surface area (Å²) >= 11 is 3.70. The van der Waals surface area contributed by atoms with Crippen LogP contribution < -0.4 is 9.88 Å². The lowest BCUT2D eigenvalue weighted by atomic mass is 10.3. The molecular weight excluding hydrogens is 267 g/mol. The van der Waals surface area contributed by atoms with Gasteiger partial charge in [-0.25, -0.2) is 13.6 Å². The van der Waals surface area contributed by atoms with E-state index < -0.39 is 27.0 Å². The van der Waals surface area contributed by atoms with Crippen LogP contribution in [-0.4, -0.2) is 14.8 Å². The zero-order valence-electron chi connectivity index (χ0n) is 7.52. The van der Waals surface area contributed by atoms with Crippen molar-refractivity contribution >= 4 is 22.7 Å². The molecule has 2 N–H and O–H groups in total. The minimum Gasteiger partial charge on any atom is -0.404 e. The highest BCUT2D eigenvalue weighted by Gasteiger charge is 2.34. The molecule has 0 aromatic heterocycles. The normalized spacial score (nSPS) is 12.6. The van der Waals surface area contributed by atoms with E-state index in [2.05, 4.69) is 17.4 Å². The van der Waals surface area contributed by atoms with E-state index in [0.29, 0.717) is 0 Å². The molecule has 0 saturated heterocycles. The summed E-state index contributed by atoms with van der Waals surface area (Å²) in [5, 5.41) is 4.75. The summed E-state index contributed by atoms with van der Waals surface area (Å²) in [5.41, 5.74) is 0. The maximum absolute atomic E-state index is 12.0. The molecule has 0 unspecified atom stereocenters. The lowest BCUT2D eigenvalue weighted by molar-refractivity contribution is -0.275. The van der Waals surface area contributed by atoms with E-state index in [1.165, 1.54) is 6.07 Å². The van der Waals surface area contributed by atoms with Gasteiger partial charge in [0.1, 0.15) is 4.90 Å². The summed E-state index contributed by atoms with van der Waals surface area (Å²) in [5.74, 6) is -0.900. The topological polar surface area (TPSA) is 69.4 Å². The van der Waals surface area contributed by atoms with Gasteiger partial charge in [-0.05, 0) is 12.1 Å². The number of primary sulfonamides is 1. The standard InChI is InChI=1S/C7H6F3NO3S2/c8-7(9,10)14-4-2-1-3-5(15)6(4)16(11,12)13/h1-3,15H,(H2,11,12,13). The summed E-state index contributed by atoms with van der Waals surface area (Å²) in [6.45, 7) is 0. The molecule has 0 aliphatic rings. The minimum absolute atomic E-state index is 0.218. The van der Waals surface area contributed by atoms with Crippen molar-refractivity contribution in [3.8, 4) is 5.75 Å². The molecule has 0 aliphatic heterocycles. The van der Waals surface area contributed by atoms with Crippen LogP contribution in [0, 0.1) is 0 Å². The third kappa shape index (κ3) is 3.29. The van der Waals surface area contributed by atoms with Gasteiger partial charge in [-0.1, -0.05) is 6.07 Å². The molecule has 90 valence electrons. The molecule has 0 amide bonds. The van der Waals surface area contributed by atoms with Crippen LogP contribution in [0.25, 0.3) is 0 Å². The zero-order chi connectivity index (χ0) is 12.6. The molecule has 0 bridgehead atoms. The molecule has 0 aliphatic carbocycles. The highest BCUT2D eigenvalue weighted by Crippen LogP contribution is 2.32. The van der Waals surface area contributed by atoms with Gasteiger partial charge >= 0.3 is 6.36 Å². The third-order valence-electron chi connectivity index (χ3n) is 1.47. The van der Waals surface area contributed by atoms with Crippen molar-refractivity contribution in [2.75, 3.05) is 0 Å². The van der Waals surface area contributed by atoms with Crippen molar-refractivity contribution in [3.05, 3.63) is 18.2 Å². The Morgan fingerprint density at radius 1 is 1.31 bits per heavy atom. The first kappa shape index (κ1) is 13.1. The highest BCUT2D eigenvalue weighted by molar-refractivity contribution is 7.90. The Morgan fingerprint density at radius 3 is 2.31 bits per heavy atom.